The van der Waals surface area contributed by atoms with Crippen LogP contribution in [0, 0.1) is 19.3 Å². The van der Waals surface area contributed by atoms with Crippen LogP contribution in [0.3, 0.4) is 0 Å². The first-order valence-electron chi connectivity index (χ1n) is 11.1. The predicted molar refractivity (Wildman–Crippen MR) is 138 cm³/mol. The van der Waals surface area contributed by atoms with Crippen LogP contribution in [0.5, 0.6) is 0 Å². The summed E-state index contributed by atoms with van der Waals surface area (Å²) >= 11 is 2.82. The third kappa shape index (κ3) is 5.73. The van der Waals surface area contributed by atoms with Crippen molar-refractivity contribution in [2.45, 2.75) is 66.1 Å². The molecule has 0 aliphatic carbocycles. The SMILES string of the molecule is CCCCn1c(SCC(=O)c2ccc(NC(=O)C(C)(C)C)cc2)nc2sc(C)c(C)c2c1=O. The second-order valence-corrected chi connectivity index (χ2v) is 11.3. The Morgan fingerprint density at radius 3 is 2.42 bits per heavy atom. The van der Waals surface area contributed by atoms with Crippen molar-refractivity contribution >= 4 is 50.7 Å². The minimum absolute atomic E-state index is 0.0239. The molecule has 2 aromatic heterocycles. The van der Waals surface area contributed by atoms with Gasteiger partial charge in [-0.3, -0.25) is 19.0 Å². The fraction of sp³-hybridized carbons (Fsp3) is 0.440. The van der Waals surface area contributed by atoms with Crippen molar-refractivity contribution in [1.29, 1.82) is 0 Å². The van der Waals surface area contributed by atoms with Crippen molar-refractivity contribution in [3.05, 3.63) is 50.6 Å². The Morgan fingerprint density at radius 1 is 1.15 bits per heavy atom. The topological polar surface area (TPSA) is 81.1 Å². The van der Waals surface area contributed by atoms with Crippen molar-refractivity contribution in [2.75, 3.05) is 11.1 Å². The number of hydrogen-bond acceptors (Lipinski definition) is 6. The number of rotatable bonds is 8. The number of thioether (sulfide) groups is 1. The Morgan fingerprint density at radius 2 is 1.82 bits per heavy atom. The van der Waals surface area contributed by atoms with Crippen molar-refractivity contribution in [3.63, 3.8) is 0 Å². The fourth-order valence-electron chi connectivity index (χ4n) is 3.20. The molecule has 33 heavy (non-hydrogen) atoms. The number of carbonyl (C=O) groups excluding carboxylic acids is 2. The zero-order chi connectivity index (χ0) is 24.3. The molecule has 0 saturated carbocycles. The summed E-state index contributed by atoms with van der Waals surface area (Å²) in [5.74, 6) is 0.0486. The van der Waals surface area contributed by atoms with Crippen LogP contribution in [0.2, 0.25) is 0 Å². The predicted octanol–water partition coefficient (Wildman–Crippen LogP) is 5.83. The molecule has 0 bridgehead atoms. The number of amides is 1. The van der Waals surface area contributed by atoms with E-state index < -0.39 is 5.41 Å². The van der Waals surface area contributed by atoms with Gasteiger partial charge in [-0.15, -0.1) is 11.3 Å². The van der Waals surface area contributed by atoms with Crippen molar-refractivity contribution in [3.8, 4) is 0 Å². The van der Waals surface area contributed by atoms with E-state index in [1.165, 1.54) is 23.1 Å². The van der Waals surface area contributed by atoms with Gasteiger partial charge in [0.05, 0.1) is 11.1 Å². The van der Waals surface area contributed by atoms with E-state index in [1.807, 2.05) is 34.6 Å². The Hall–Kier alpha value is -2.45. The Kier molecular flexibility index (Phi) is 7.80. The summed E-state index contributed by atoms with van der Waals surface area (Å²) in [6.45, 7) is 12.2. The van der Waals surface area contributed by atoms with Crippen LogP contribution in [0.25, 0.3) is 10.2 Å². The van der Waals surface area contributed by atoms with Gasteiger partial charge in [-0.1, -0.05) is 45.9 Å². The van der Waals surface area contributed by atoms with Crippen LogP contribution in [-0.4, -0.2) is 27.0 Å². The van der Waals surface area contributed by atoms with Gasteiger partial charge < -0.3 is 5.32 Å². The number of fused-ring (bicyclic) bond motifs is 1. The third-order valence-electron chi connectivity index (χ3n) is 5.47. The summed E-state index contributed by atoms with van der Waals surface area (Å²) in [7, 11) is 0. The molecule has 3 aromatic rings. The van der Waals surface area contributed by atoms with Crippen LogP contribution >= 0.6 is 23.1 Å². The smallest absolute Gasteiger partial charge is 0.263 e. The number of thiophene rings is 1. The lowest BCUT2D eigenvalue weighted by molar-refractivity contribution is -0.123. The van der Waals surface area contributed by atoms with Crippen LogP contribution < -0.4 is 10.9 Å². The molecule has 0 atom stereocenters. The molecule has 1 amide bonds. The number of nitrogens with one attached hydrogen (secondary N) is 1. The monoisotopic (exact) mass is 485 g/mol. The summed E-state index contributed by atoms with van der Waals surface area (Å²) in [4.78, 5) is 44.7. The minimum Gasteiger partial charge on any atom is -0.326 e. The highest BCUT2D eigenvalue weighted by Crippen LogP contribution is 2.29. The highest BCUT2D eigenvalue weighted by atomic mass is 32.2. The number of Topliss-reactive ketones (excluding diaryl/α,β-unsaturated/α-hetero) is 1. The molecule has 0 fully saturated rings. The Labute approximate surface area is 202 Å². The summed E-state index contributed by atoms with van der Waals surface area (Å²) in [5, 5.41) is 4.14. The van der Waals surface area contributed by atoms with Crippen LogP contribution in [-0.2, 0) is 11.3 Å². The van der Waals surface area contributed by atoms with E-state index in [2.05, 4.69) is 12.2 Å². The quantitative estimate of drug-likeness (QED) is 0.246. The lowest BCUT2D eigenvalue weighted by Crippen LogP contribution is -2.27. The molecule has 3 rings (SSSR count). The second-order valence-electron chi connectivity index (χ2n) is 9.16. The van der Waals surface area contributed by atoms with Gasteiger partial charge in [0.15, 0.2) is 10.9 Å². The summed E-state index contributed by atoms with van der Waals surface area (Å²) < 4.78 is 1.72. The van der Waals surface area contributed by atoms with Gasteiger partial charge in [0.2, 0.25) is 5.91 Å². The molecular weight excluding hydrogens is 454 g/mol. The summed E-state index contributed by atoms with van der Waals surface area (Å²) in [5.41, 5.74) is 1.69. The first-order valence-corrected chi connectivity index (χ1v) is 12.9. The second kappa shape index (κ2) is 10.2. The molecular formula is C25H31N3O3S2. The van der Waals surface area contributed by atoms with E-state index in [-0.39, 0.29) is 23.0 Å². The van der Waals surface area contributed by atoms with Gasteiger partial charge in [0.25, 0.3) is 5.56 Å². The van der Waals surface area contributed by atoms with Crippen molar-refractivity contribution < 1.29 is 9.59 Å². The molecule has 1 aromatic carbocycles. The molecule has 0 aliphatic heterocycles. The van der Waals surface area contributed by atoms with Gasteiger partial charge in [-0.2, -0.15) is 0 Å². The van der Waals surface area contributed by atoms with E-state index in [0.29, 0.717) is 28.3 Å². The molecule has 0 radical (unpaired) electrons. The number of aryl methyl sites for hydroxylation is 2. The molecule has 1 N–H and O–H groups in total. The molecule has 2 heterocycles. The van der Waals surface area contributed by atoms with Gasteiger partial charge in [0, 0.05) is 28.1 Å². The first kappa shape index (κ1) is 25.2. The number of unbranched alkanes of at least 4 members (excludes halogenated alkanes) is 1. The molecule has 6 nitrogen and oxygen atoms in total. The number of nitrogens with zero attached hydrogens (tertiary/aromatic N) is 2. The van der Waals surface area contributed by atoms with Gasteiger partial charge >= 0.3 is 0 Å². The minimum atomic E-state index is -0.494. The lowest BCUT2D eigenvalue weighted by Gasteiger charge is -2.17. The van der Waals surface area contributed by atoms with Crippen molar-refractivity contribution in [1.82, 2.24) is 9.55 Å². The van der Waals surface area contributed by atoms with Crippen LogP contribution in [0.15, 0.2) is 34.2 Å². The van der Waals surface area contributed by atoms with E-state index in [4.69, 9.17) is 4.98 Å². The normalized spacial score (nSPS) is 11.7. The highest BCUT2D eigenvalue weighted by Gasteiger charge is 2.21. The summed E-state index contributed by atoms with van der Waals surface area (Å²) in [6, 6.07) is 6.91. The average Bonchev–Trinajstić information content (AvgIpc) is 3.04. The highest BCUT2D eigenvalue weighted by molar-refractivity contribution is 7.99. The van der Waals surface area contributed by atoms with E-state index in [9.17, 15) is 14.4 Å². The lowest BCUT2D eigenvalue weighted by atomic mass is 9.95. The Balaban J connectivity index is 1.78. The van der Waals surface area contributed by atoms with Crippen molar-refractivity contribution in [2.24, 2.45) is 5.41 Å². The number of benzene rings is 1. The average molecular weight is 486 g/mol. The molecule has 8 heteroatoms. The van der Waals surface area contributed by atoms with Crippen LogP contribution in [0.4, 0.5) is 5.69 Å². The molecule has 0 aliphatic rings. The third-order valence-corrected chi connectivity index (χ3v) is 7.54. The number of ketones is 1. The molecule has 0 saturated heterocycles. The molecule has 176 valence electrons. The number of carbonyl (C=O) groups is 2. The maximum atomic E-state index is 13.2. The largest absolute Gasteiger partial charge is 0.326 e. The number of anilines is 1. The molecule has 0 unspecified atom stereocenters. The van der Waals surface area contributed by atoms with Crippen LogP contribution in [0.1, 0.15) is 61.3 Å². The standard InChI is InChI=1S/C25H31N3O3S2/c1-7-8-13-28-22(30)20-15(2)16(3)33-21(20)27-24(28)32-14-19(29)17-9-11-18(12-10-17)26-23(31)25(4,5)6/h9-12H,7-8,13-14H2,1-6H3,(H,26,31). The Bertz CT molecular complexity index is 1230. The number of aromatic nitrogens is 2. The van der Waals surface area contributed by atoms with E-state index in [1.54, 1.807) is 28.8 Å². The first-order chi connectivity index (χ1) is 15.5. The van der Waals surface area contributed by atoms with Gasteiger partial charge in [-0.25, -0.2) is 4.98 Å². The zero-order valence-electron chi connectivity index (χ0n) is 20.1. The number of hydrogen-bond donors (Lipinski definition) is 1. The fourth-order valence-corrected chi connectivity index (χ4v) is 5.19. The molecule has 0 spiro atoms. The van der Waals surface area contributed by atoms with Gasteiger partial charge in [-0.05, 0) is 50.1 Å². The maximum Gasteiger partial charge on any atom is 0.263 e. The van der Waals surface area contributed by atoms with E-state index >= 15 is 0 Å². The summed E-state index contributed by atoms with van der Waals surface area (Å²) in [6.07, 6.45) is 1.84. The maximum absolute atomic E-state index is 13.2. The van der Waals surface area contributed by atoms with E-state index in [0.717, 1.165) is 28.1 Å². The van der Waals surface area contributed by atoms with Gasteiger partial charge in [0.1, 0.15) is 4.83 Å². The zero-order valence-corrected chi connectivity index (χ0v) is 21.7.